The molecule has 86 valence electrons. The second kappa shape index (κ2) is 6.18. The molecule has 0 saturated heterocycles. The number of amidine groups is 1. The summed E-state index contributed by atoms with van der Waals surface area (Å²) in [6, 6.07) is 5.48. The number of carboxylic acid groups (broad SMARTS) is 2. The lowest BCUT2D eigenvalue weighted by atomic mass is 10.1. The summed E-state index contributed by atoms with van der Waals surface area (Å²) in [5.41, 5.74) is 4.31. The van der Waals surface area contributed by atoms with E-state index in [1.807, 2.05) is 0 Å². The zero-order valence-electron chi connectivity index (χ0n) is 8.60. The first kappa shape index (κ1) is 13.6. The molecule has 0 spiro atoms. The molecule has 1 rings (SSSR count). The maximum atomic E-state index is 10.5. The van der Waals surface area contributed by atoms with Crippen LogP contribution in [0.25, 0.3) is 0 Å². The van der Waals surface area contributed by atoms with E-state index in [2.05, 4.69) is 0 Å². The molecule has 0 aliphatic carbocycles. The van der Waals surface area contributed by atoms with Gasteiger partial charge in [0.15, 0.2) is 0 Å². The Hall–Kier alpha value is -2.37. The van der Waals surface area contributed by atoms with Crippen LogP contribution in [-0.4, -0.2) is 28.0 Å². The summed E-state index contributed by atoms with van der Waals surface area (Å²) in [7, 11) is 0. The van der Waals surface area contributed by atoms with Gasteiger partial charge in [0.1, 0.15) is 0 Å². The number of hydrogen-bond acceptors (Lipinski definition) is 3. The number of nitrogens with one attached hydrogen (secondary N) is 1. The van der Waals surface area contributed by atoms with E-state index in [1.165, 1.54) is 31.2 Å². The Balaban J connectivity index is 0.000000487. The van der Waals surface area contributed by atoms with Crippen LogP contribution in [0.5, 0.6) is 0 Å². The van der Waals surface area contributed by atoms with E-state index in [0.717, 1.165) is 0 Å². The number of nitrogens with two attached hydrogens (primary N) is 1. The van der Waals surface area contributed by atoms with Crippen LogP contribution in [0, 0.1) is 5.41 Å². The Kier molecular flexibility index (Phi) is 5.26. The minimum absolute atomic E-state index is 0.167. The van der Waals surface area contributed by atoms with Crippen molar-refractivity contribution in [2.45, 2.75) is 6.92 Å². The van der Waals surface area contributed by atoms with Crippen LogP contribution in [0.3, 0.4) is 0 Å². The van der Waals surface area contributed by atoms with E-state index >= 15 is 0 Å². The van der Waals surface area contributed by atoms with Crippen molar-refractivity contribution in [3.05, 3.63) is 35.4 Å². The summed E-state index contributed by atoms with van der Waals surface area (Å²) in [4.78, 5) is 20.9. The predicted molar refractivity (Wildman–Crippen MR) is 57.9 cm³/mol. The number of rotatable bonds is 2. The monoisotopic (exact) mass is 224 g/mol. The molecule has 1 aromatic carbocycles. The van der Waals surface area contributed by atoms with Crippen LogP contribution < -0.4 is 5.73 Å². The highest BCUT2D eigenvalue weighted by molar-refractivity contribution is 6.01. The van der Waals surface area contributed by atoms with Crippen LogP contribution in [0.1, 0.15) is 27.6 Å². The Labute approximate surface area is 91.8 Å². The van der Waals surface area contributed by atoms with Gasteiger partial charge in [-0.15, -0.1) is 0 Å². The maximum Gasteiger partial charge on any atom is 0.336 e. The molecule has 16 heavy (non-hydrogen) atoms. The molecule has 5 N–H and O–H groups in total. The minimum atomic E-state index is -1.23. The first-order valence-electron chi connectivity index (χ1n) is 4.22. The molecule has 0 aliphatic rings. The predicted octanol–water partition coefficient (Wildman–Crippen LogP) is 1.03. The molecule has 0 aliphatic heterocycles. The van der Waals surface area contributed by atoms with E-state index in [0.29, 0.717) is 0 Å². The number of aromatic carboxylic acids is 2. The molecule has 0 heterocycles. The third-order valence-electron chi connectivity index (χ3n) is 1.39. The summed E-state index contributed by atoms with van der Waals surface area (Å²) < 4.78 is 0. The van der Waals surface area contributed by atoms with Crippen LogP contribution in [0.15, 0.2) is 24.3 Å². The Morgan fingerprint density at radius 3 is 1.56 bits per heavy atom. The molecule has 6 heteroatoms. The quantitative estimate of drug-likeness (QED) is 0.441. The lowest BCUT2D eigenvalue weighted by Crippen LogP contribution is -2.06. The molecule has 0 atom stereocenters. The third-order valence-corrected chi connectivity index (χ3v) is 1.39. The van der Waals surface area contributed by atoms with Crippen molar-refractivity contribution in [1.29, 1.82) is 5.41 Å². The largest absolute Gasteiger partial charge is 0.478 e. The molecule has 6 nitrogen and oxygen atoms in total. The second-order valence-corrected chi connectivity index (χ2v) is 2.84. The molecule has 0 amide bonds. The van der Waals surface area contributed by atoms with Crippen LogP contribution in [0.2, 0.25) is 0 Å². The first-order chi connectivity index (χ1) is 7.36. The number of carbonyl (C=O) groups is 2. The lowest BCUT2D eigenvalue weighted by Gasteiger charge is -1.98. The molecule has 0 bridgehead atoms. The smallest absolute Gasteiger partial charge is 0.336 e. The van der Waals surface area contributed by atoms with Gasteiger partial charge in [-0.2, -0.15) is 0 Å². The summed E-state index contributed by atoms with van der Waals surface area (Å²) in [5.74, 6) is -2.29. The highest BCUT2D eigenvalue weighted by atomic mass is 16.4. The molecular formula is C10H12N2O4. The van der Waals surface area contributed by atoms with Gasteiger partial charge in [-0.05, 0) is 19.1 Å². The van der Waals surface area contributed by atoms with Gasteiger partial charge in [0.05, 0.1) is 17.0 Å². The highest BCUT2D eigenvalue weighted by Gasteiger charge is 2.13. The summed E-state index contributed by atoms with van der Waals surface area (Å²) in [6.45, 7) is 1.53. The number of benzene rings is 1. The first-order valence-corrected chi connectivity index (χ1v) is 4.22. The normalized spacial score (nSPS) is 8.56. The zero-order chi connectivity index (χ0) is 12.7. The minimum Gasteiger partial charge on any atom is -0.478 e. The summed E-state index contributed by atoms with van der Waals surface area (Å²) in [5, 5.41) is 23.4. The van der Waals surface area contributed by atoms with Gasteiger partial charge >= 0.3 is 11.9 Å². The standard InChI is InChI=1S/C8H6O4.C2H6N2/c9-7(10)5-3-1-2-4-6(5)8(11)12;1-2(3)4/h1-4H,(H,9,10)(H,11,12);1H3,(H3,3,4). The second-order valence-electron chi connectivity index (χ2n) is 2.84. The van der Waals surface area contributed by atoms with Crippen molar-refractivity contribution in [2.24, 2.45) is 5.73 Å². The van der Waals surface area contributed by atoms with Gasteiger partial charge in [0.25, 0.3) is 0 Å². The Bertz CT molecular complexity index is 378. The van der Waals surface area contributed by atoms with E-state index in [9.17, 15) is 9.59 Å². The van der Waals surface area contributed by atoms with E-state index in [4.69, 9.17) is 21.4 Å². The van der Waals surface area contributed by atoms with Crippen molar-refractivity contribution >= 4 is 17.8 Å². The summed E-state index contributed by atoms with van der Waals surface area (Å²) in [6.07, 6.45) is 0. The van der Waals surface area contributed by atoms with E-state index in [1.54, 1.807) is 0 Å². The van der Waals surface area contributed by atoms with E-state index < -0.39 is 11.9 Å². The van der Waals surface area contributed by atoms with Gasteiger partial charge in [-0.1, -0.05) is 12.1 Å². The Morgan fingerprint density at radius 1 is 1.12 bits per heavy atom. The van der Waals surface area contributed by atoms with Crippen molar-refractivity contribution in [1.82, 2.24) is 0 Å². The van der Waals surface area contributed by atoms with Gasteiger partial charge in [-0.25, -0.2) is 9.59 Å². The van der Waals surface area contributed by atoms with Crippen LogP contribution in [-0.2, 0) is 0 Å². The maximum absolute atomic E-state index is 10.5. The van der Waals surface area contributed by atoms with Crippen LogP contribution >= 0.6 is 0 Å². The van der Waals surface area contributed by atoms with Crippen LogP contribution in [0.4, 0.5) is 0 Å². The lowest BCUT2D eigenvalue weighted by molar-refractivity contribution is 0.0651. The van der Waals surface area contributed by atoms with E-state index in [-0.39, 0.29) is 17.0 Å². The fourth-order valence-corrected chi connectivity index (χ4v) is 0.856. The summed E-state index contributed by atoms with van der Waals surface area (Å²) >= 11 is 0. The van der Waals surface area contributed by atoms with Crippen molar-refractivity contribution in [3.8, 4) is 0 Å². The average Bonchev–Trinajstić information content (AvgIpc) is 2.16. The third kappa shape index (κ3) is 4.75. The zero-order valence-corrected chi connectivity index (χ0v) is 8.60. The fraction of sp³-hybridized carbons (Fsp3) is 0.100. The van der Waals surface area contributed by atoms with Gasteiger partial charge in [-0.3, -0.25) is 5.41 Å². The number of carboxylic acids is 2. The van der Waals surface area contributed by atoms with Gasteiger partial charge < -0.3 is 15.9 Å². The van der Waals surface area contributed by atoms with Crippen molar-refractivity contribution in [2.75, 3.05) is 0 Å². The molecule has 0 aromatic heterocycles. The average molecular weight is 224 g/mol. The van der Waals surface area contributed by atoms with Gasteiger partial charge in [0, 0.05) is 0 Å². The topological polar surface area (TPSA) is 124 Å². The molecule has 0 saturated carbocycles. The Morgan fingerprint density at radius 2 is 1.38 bits per heavy atom. The van der Waals surface area contributed by atoms with Crippen molar-refractivity contribution in [3.63, 3.8) is 0 Å². The highest BCUT2D eigenvalue weighted by Crippen LogP contribution is 2.07. The SMILES string of the molecule is CC(=N)N.O=C(O)c1ccccc1C(=O)O. The molecule has 0 fully saturated rings. The molecule has 0 radical (unpaired) electrons. The molecule has 1 aromatic rings. The van der Waals surface area contributed by atoms with Gasteiger partial charge in [0.2, 0.25) is 0 Å². The fourth-order valence-electron chi connectivity index (χ4n) is 0.856. The molecular weight excluding hydrogens is 212 g/mol. The number of hydrogen-bond donors (Lipinski definition) is 4. The molecule has 0 unspecified atom stereocenters. The van der Waals surface area contributed by atoms with Crippen molar-refractivity contribution < 1.29 is 19.8 Å².